The Hall–Kier alpha value is -2.40. The summed E-state index contributed by atoms with van der Waals surface area (Å²) >= 11 is 0. The molecule has 0 aromatic heterocycles. The van der Waals surface area contributed by atoms with Crippen LogP contribution in [0.15, 0.2) is 36.4 Å². The second kappa shape index (κ2) is 8.53. The fourth-order valence-electron chi connectivity index (χ4n) is 3.46. The molecule has 4 nitrogen and oxygen atoms in total. The van der Waals surface area contributed by atoms with Crippen molar-refractivity contribution in [2.75, 3.05) is 12.4 Å². The van der Waals surface area contributed by atoms with E-state index in [9.17, 15) is 9.18 Å². The molecule has 1 amide bonds. The maximum Gasteiger partial charge on any atom is 0.224 e. The standard InChI is InChI=1S/C22H27FN2O2/c1-15(2)25-13-17-7-5-8-20(18(17)14-25)24-22(26)9-4-6-16-10-11-21(27-3)19(23)12-16/h5,7-8,10-12,15H,4,6,9,13-14H2,1-3H3,(H,24,26). The molecule has 0 spiro atoms. The van der Waals surface area contributed by atoms with E-state index in [2.05, 4.69) is 30.1 Å². The van der Waals surface area contributed by atoms with Crippen molar-refractivity contribution in [3.63, 3.8) is 0 Å². The van der Waals surface area contributed by atoms with E-state index >= 15 is 0 Å². The molecule has 0 saturated heterocycles. The number of rotatable bonds is 7. The van der Waals surface area contributed by atoms with E-state index < -0.39 is 0 Å². The van der Waals surface area contributed by atoms with E-state index in [0.717, 1.165) is 24.3 Å². The molecule has 0 bridgehead atoms. The molecule has 0 fully saturated rings. The van der Waals surface area contributed by atoms with Gasteiger partial charge in [-0.05, 0) is 61.6 Å². The number of amides is 1. The van der Waals surface area contributed by atoms with Gasteiger partial charge in [-0.1, -0.05) is 18.2 Å². The highest BCUT2D eigenvalue weighted by atomic mass is 19.1. The van der Waals surface area contributed by atoms with Crippen LogP contribution in [0, 0.1) is 5.82 Å². The number of carbonyl (C=O) groups is 1. The van der Waals surface area contributed by atoms with Crippen LogP contribution in [-0.4, -0.2) is 24.0 Å². The zero-order chi connectivity index (χ0) is 19.4. The predicted octanol–water partition coefficient (Wildman–Crippen LogP) is 4.52. The lowest BCUT2D eigenvalue weighted by Gasteiger charge is -2.19. The van der Waals surface area contributed by atoms with Crippen LogP contribution < -0.4 is 10.1 Å². The maximum absolute atomic E-state index is 13.7. The van der Waals surface area contributed by atoms with E-state index in [4.69, 9.17) is 4.74 Å². The fraction of sp³-hybridized carbons (Fsp3) is 0.409. The summed E-state index contributed by atoms with van der Waals surface area (Å²) < 4.78 is 18.7. The molecule has 0 radical (unpaired) electrons. The lowest BCUT2D eigenvalue weighted by atomic mass is 10.1. The number of halogens is 1. The largest absolute Gasteiger partial charge is 0.494 e. The Labute approximate surface area is 160 Å². The molecule has 1 N–H and O–H groups in total. The molecule has 3 rings (SSSR count). The number of fused-ring (bicyclic) bond motifs is 1. The van der Waals surface area contributed by atoms with Crippen molar-refractivity contribution in [3.05, 3.63) is 58.9 Å². The average Bonchev–Trinajstić information content (AvgIpc) is 3.08. The summed E-state index contributed by atoms with van der Waals surface area (Å²) in [5.41, 5.74) is 4.29. The SMILES string of the molecule is COc1ccc(CCCC(=O)Nc2cccc3c2CN(C(C)C)C3)cc1F. The monoisotopic (exact) mass is 370 g/mol. The number of nitrogens with one attached hydrogen (secondary N) is 1. The molecule has 0 aliphatic carbocycles. The quantitative estimate of drug-likeness (QED) is 0.779. The van der Waals surface area contributed by atoms with Gasteiger partial charge in [0.1, 0.15) is 0 Å². The zero-order valence-corrected chi connectivity index (χ0v) is 16.2. The molecule has 27 heavy (non-hydrogen) atoms. The van der Waals surface area contributed by atoms with Crippen LogP contribution in [0.5, 0.6) is 5.75 Å². The summed E-state index contributed by atoms with van der Waals surface area (Å²) in [7, 11) is 1.45. The van der Waals surface area contributed by atoms with Crippen molar-refractivity contribution in [1.29, 1.82) is 0 Å². The third kappa shape index (κ3) is 4.66. The maximum atomic E-state index is 13.7. The first-order chi connectivity index (χ1) is 13.0. The van der Waals surface area contributed by atoms with Gasteiger partial charge in [-0.15, -0.1) is 0 Å². The Morgan fingerprint density at radius 1 is 1.26 bits per heavy atom. The van der Waals surface area contributed by atoms with Crippen LogP contribution in [0.2, 0.25) is 0 Å². The molecule has 2 aromatic rings. The van der Waals surface area contributed by atoms with Crippen LogP contribution in [0.25, 0.3) is 0 Å². The Bertz CT molecular complexity index is 820. The number of aryl methyl sites for hydroxylation is 1. The van der Waals surface area contributed by atoms with E-state index in [1.807, 2.05) is 18.2 Å². The molecular formula is C22H27FN2O2. The summed E-state index contributed by atoms with van der Waals surface area (Å²) in [4.78, 5) is 14.8. The fourth-order valence-corrected chi connectivity index (χ4v) is 3.46. The number of methoxy groups -OCH3 is 1. The number of carbonyl (C=O) groups excluding carboxylic acids is 1. The molecule has 0 unspecified atom stereocenters. The van der Waals surface area contributed by atoms with Gasteiger partial charge in [0.25, 0.3) is 0 Å². The van der Waals surface area contributed by atoms with Crippen LogP contribution in [0.4, 0.5) is 10.1 Å². The highest BCUT2D eigenvalue weighted by molar-refractivity contribution is 5.91. The van der Waals surface area contributed by atoms with Crippen molar-refractivity contribution in [2.45, 2.75) is 52.2 Å². The summed E-state index contributed by atoms with van der Waals surface area (Å²) in [6, 6.07) is 11.5. The van der Waals surface area contributed by atoms with Crippen LogP contribution in [0.1, 0.15) is 43.4 Å². The molecule has 144 valence electrons. The first kappa shape index (κ1) is 19.4. The van der Waals surface area contributed by atoms with Crippen molar-refractivity contribution >= 4 is 11.6 Å². The van der Waals surface area contributed by atoms with Crippen LogP contribution >= 0.6 is 0 Å². The number of hydrogen-bond donors (Lipinski definition) is 1. The topological polar surface area (TPSA) is 41.6 Å². The number of hydrogen-bond acceptors (Lipinski definition) is 3. The van der Waals surface area contributed by atoms with Crippen LogP contribution in [0.3, 0.4) is 0 Å². The van der Waals surface area contributed by atoms with E-state index in [0.29, 0.717) is 25.3 Å². The number of nitrogens with zero attached hydrogens (tertiary/aromatic N) is 1. The van der Waals surface area contributed by atoms with Crippen molar-refractivity contribution in [1.82, 2.24) is 4.90 Å². The summed E-state index contributed by atoms with van der Waals surface area (Å²) in [6.07, 6.45) is 1.73. The first-order valence-electron chi connectivity index (χ1n) is 9.45. The highest BCUT2D eigenvalue weighted by Gasteiger charge is 2.23. The molecule has 0 atom stereocenters. The summed E-state index contributed by atoms with van der Waals surface area (Å²) in [5, 5.41) is 3.06. The normalized spacial score (nSPS) is 13.7. The van der Waals surface area contributed by atoms with E-state index in [1.54, 1.807) is 6.07 Å². The van der Waals surface area contributed by atoms with Gasteiger partial charge < -0.3 is 10.1 Å². The minimum atomic E-state index is -0.367. The molecular weight excluding hydrogens is 343 g/mol. The highest BCUT2D eigenvalue weighted by Crippen LogP contribution is 2.30. The van der Waals surface area contributed by atoms with Gasteiger partial charge in [-0.2, -0.15) is 0 Å². The van der Waals surface area contributed by atoms with Crippen molar-refractivity contribution in [2.24, 2.45) is 0 Å². The third-order valence-corrected chi connectivity index (χ3v) is 5.10. The molecule has 1 heterocycles. The van der Waals surface area contributed by atoms with Gasteiger partial charge in [0.15, 0.2) is 11.6 Å². The Balaban J connectivity index is 1.54. The Morgan fingerprint density at radius 2 is 2.07 bits per heavy atom. The lowest BCUT2D eigenvalue weighted by Crippen LogP contribution is -2.24. The summed E-state index contributed by atoms with van der Waals surface area (Å²) in [6.45, 7) is 6.17. The van der Waals surface area contributed by atoms with Gasteiger partial charge in [0, 0.05) is 31.2 Å². The van der Waals surface area contributed by atoms with E-state index in [-0.39, 0.29) is 17.5 Å². The predicted molar refractivity (Wildman–Crippen MR) is 105 cm³/mol. The van der Waals surface area contributed by atoms with Gasteiger partial charge in [-0.3, -0.25) is 9.69 Å². The Morgan fingerprint density at radius 3 is 2.78 bits per heavy atom. The zero-order valence-electron chi connectivity index (χ0n) is 16.2. The van der Waals surface area contributed by atoms with Gasteiger partial charge in [0.05, 0.1) is 7.11 Å². The summed E-state index contributed by atoms with van der Waals surface area (Å²) in [5.74, 6) is -0.126. The average molecular weight is 370 g/mol. The minimum Gasteiger partial charge on any atom is -0.494 e. The minimum absolute atomic E-state index is 0.000352. The smallest absolute Gasteiger partial charge is 0.224 e. The first-order valence-corrected chi connectivity index (χ1v) is 9.45. The third-order valence-electron chi connectivity index (χ3n) is 5.10. The number of ether oxygens (including phenoxy) is 1. The van der Waals surface area contributed by atoms with Gasteiger partial charge >= 0.3 is 0 Å². The lowest BCUT2D eigenvalue weighted by molar-refractivity contribution is -0.116. The van der Waals surface area contributed by atoms with E-state index in [1.165, 1.54) is 24.3 Å². The molecule has 5 heteroatoms. The van der Waals surface area contributed by atoms with Gasteiger partial charge in [0.2, 0.25) is 5.91 Å². The molecule has 1 aliphatic rings. The van der Waals surface area contributed by atoms with Crippen LogP contribution in [-0.2, 0) is 24.3 Å². The molecule has 2 aromatic carbocycles. The van der Waals surface area contributed by atoms with Crippen molar-refractivity contribution in [3.8, 4) is 5.75 Å². The molecule has 0 saturated carbocycles. The van der Waals surface area contributed by atoms with Crippen molar-refractivity contribution < 1.29 is 13.9 Å². The second-order valence-electron chi connectivity index (χ2n) is 7.31. The Kier molecular flexibility index (Phi) is 6.11. The number of benzene rings is 2. The number of anilines is 1. The molecule has 1 aliphatic heterocycles. The van der Waals surface area contributed by atoms with Gasteiger partial charge in [-0.25, -0.2) is 4.39 Å². The second-order valence-corrected chi connectivity index (χ2v) is 7.31.